The quantitative estimate of drug-likeness (QED) is 0.904. The lowest BCUT2D eigenvalue weighted by atomic mass is 9.80. The van der Waals surface area contributed by atoms with E-state index >= 15 is 0 Å². The second-order valence-electron chi connectivity index (χ2n) is 5.67. The zero-order chi connectivity index (χ0) is 13.9. The minimum absolute atomic E-state index is 0.201. The fourth-order valence-corrected chi connectivity index (χ4v) is 3.13. The smallest absolute Gasteiger partial charge is 0.123 e. The number of piperidine rings is 1. The molecule has 1 heterocycles. The lowest BCUT2D eigenvalue weighted by molar-refractivity contribution is 0.106. The maximum atomic E-state index is 13.1. The fraction of sp³-hybridized carbons (Fsp3) is 0.625. The summed E-state index contributed by atoms with van der Waals surface area (Å²) in [4.78, 5) is 2.48. The number of halogens is 1. The van der Waals surface area contributed by atoms with Crippen LogP contribution in [0.1, 0.15) is 45.1 Å². The Morgan fingerprint density at radius 2 is 1.79 bits per heavy atom. The van der Waals surface area contributed by atoms with Gasteiger partial charge in [-0.3, -0.25) is 4.90 Å². The van der Waals surface area contributed by atoms with Crippen molar-refractivity contribution in [3.05, 3.63) is 35.6 Å². The summed E-state index contributed by atoms with van der Waals surface area (Å²) in [6.07, 6.45) is 4.70. The highest BCUT2D eigenvalue weighted by Crippen LogP contribution is 2.30. The number of likely N-dealkylation sites (tertiary alicyclic amines) is 1. The van der Waals surface area contributed by atoms with Gasteiger partial charge in [-0.2, -0.15) is 0 Å². The lowest BCUT2D eigenvalue weighted by Crippen LogP contribution is -2.55. The van der Waals surface area contributed by atoms with Crippen molar-refractivity contribution in [1.29, 1.82) is 0 Å². The van der Waals surface area contributed by atoms with Crippen molar-refractivity contribution in [2.24, 2.45) is 5.73 Å². The average molecular weight is 264 g/mol. The Morgan fingerprint density at radius 1 is 1.21 bits per heavy atom. The predicted molar refractivity (Wildman–Crippen MR) is 77.4 cm³/mol. The number of nitrogens with zero attached hydrogens (tertiary/aromatic N) is 1. The Morgan fingerprint density at radius 3 is 2.32 bits per heavy atom. The summed E-state index contributed by atoms with van der Waals surface area (Å²) in [6, 6.07) is 6.96. The largest absolute Gasteiger partial charge is 0.320 e. The van der Waals surface area contributed by atoms with E-state index in [0.29, 0.717) is 0 Å². The molecule has 1 aliphatic heterocycles. The monoisotopic (exact) mass is 264 g/mol. The molecule has 2 rings (SSSR count). The van der Waals surface area contributed by atoms with Crippen LogP contribution in [0, 0.1) is 5.82 Å². The van der Waals surface area contributed by atoms with E-state index in [1.165, 1.54) is 31.4 Å². The Hall–Kier alpha value is -0.930. The van der Waals surface area contributed by atoms with Gasteiger partial charge in [0.15, 0.2) is 0 Å². The molecule has 106 valence electrons. The van der Waals surface area contributed by atoms with Crippen LogP contribution in [0.3, 0.4) is 0 Å². The van der Waals surface area contributed by atoms with Crippen LogP contribution in [-0.4, -0.2) is 24.0 Å². The van der Waals surface area contributed by atoms with Gasteiger partial charge >= 0.3 is 0 Å². The molecule has 1 aromatic rings. The molecular formula is C16H25FN2. The highest BCUT2D eigenvalue weighted by atomic mass is 19.1. The summed E-state index contributed by atoms with van der Waals surface area (Å²) in [5, 5.41) is 0. The van der Waals surface area contributed by atoms with Gasteiger partial charge in [-0.05, 0) is 57.0 Å². The summed E-state index contributed by atoms with van der Waals surface area (Å²) in [6.45, 7) is 6.57. The summed E-state index contributed by atoms with van der Waals surface area (Å²) in [5.74, 6) is -0.201. The first-order valence-corrected chi connectivity index (χ1v) is 7.37. The normalized spacial score (nSPS) is 21.9. The highest BCUT2D eigenvalue weighted by Gasteiger charge is 2.36. The van der Waals surface area contributed by atoms with E-state index in [0.717, 1.165) is 25.1 Å². The molecule has 0 bridgehead atoms. The zero-order valence-electron chi connectivity index (χ0n) is 12.0. The molecule has 0 aromatic heterocycles. The number of hydrogen-bond acceptors (Lipinski definition) is 2. The Balaban J connectivity index is 2.22. The SMILES string of the molecule is CCC(N)(c1ccc(F)cc1)C(C)N1CCCCC1. The summed E-state index contributed by atoms with van der Waals surface area (Å²) < 4.78 is 13.1. The number of nitrogens with two attached hydrogens (primary N) is 1. The molecule has 2 unspecified atom stereocenters. The molecule has 1 aromatic carbocycles. The number of hydrogen-bond donors (Lipinski definition) is 1. The molecule has 0 amide bonds. The summed E-state index contributed by atoms with van der Waals surface area (Å²) in [7, 11) is 0. The third-order valence-corrected chi connectivity index (χ3v) is 4.65. The van der Waals surface area contributed by atoms with Crippen LogP contribution in [0.25, 0.3) is 0 Å². The van der Waals surface area contributed by atoms with Crippen LogP contribution in [-0.2, 0) is 5.54 Å². The first-order valence-electron chi connectivity index (χ1n) is 7.37. The van der Waals surface area contributed by atoms with Crippen LogP contribution >= 0.6 is 0 Å². The topological polar surface area (TPSA) is 29.3 Å². The highest BCUT2D eigenvalue weighted by molar-refractivity contribution is 5.26. The minimum atomic E-state index is -0.398. The van der Waals surface area contributed by atoms with Gasteiger partial charge in [-0.1, -0.05) is 25.5 Å². The van der Waals surface area contributed by atoms with Gasteiger partial charge in [0, 0.05) is 6.04 Å². The van der Waals surface area contributed by atoms with Crippen LogP contribution in [0.5, 0.6) is 0 Å². The first kappa shape index (κ1) is 14.5. The van der Waals surface area contributed by atoms with E-state index in [1.807, 2.05) is 12.1 Å². The molecule has 1 aliphatic rings. The molecule has 2 atom stereocenters. The van der Waals surface area contributed by atoms with Crippen molar-refractivity contribution in [2.45, 2.75) is 51.1 Å². The Kier molecular flexibility index (Phi) is 4.58. The van der Waals surface area contributed by atoms with Crippen molar-refractivity contribution in [3.63, 3.8) is 0 Å². The Labute approximate surface area is 115 Å². The molecule has 0 spiro atoms. The maximum absolute atomic E-state index is 13.1. The Bertz CT molecular complexity index is 398. The molecule has 1 saturated heterocycles. The van der Waals surface area contributed by atoms with E-state index in [1.54, 1.807) is 0 Å². The van der Waals surface area contributed by atoms with Crippen LogP contribution in [0.4, 0.5) is 4.39 Å². The molecular weight excluding hydrogens is 239 g/mol. The lowest BCUT2D eigenvalue weighted by Gasteiger charge is -2.43. The van der Waals surface area contributed by atoms with E-state index in [2.05, 4.69) is 18.7 Å². The van der Waals surface area contributed by atoms with Crippen LogP contribution < -0.4 is 5.73 Å². The average Bonchev–Trinajstić information content (AvgIpc) is 2.47. The van der Waals surface area contributed by atoms with Gasteiger partial charge in [0.2, 0.25) is 0 Å². The van der Waals surface area contributed by atoms with E-state index in [9.17, 15) is 4.39 Å². The first-order chi connectivity index (χ1) is 9.08. The molecule has 2 N–H and O–H groups in total. The summed E-state index contributed by atoms with van der Waals surface area (Å²) in [5.41, 5.74) is 7.32. The van der Waals surface area contributed by atoms with Gasteiger partial charge in [0.25, 0.3) is 0 Å². The van der Waals surface area contributed by atoms with E-state index in [4.69, 9.17) is 5.73 Å². The van der Waals surface area contributed by atoms with Gasteiger partial charge in [-0.25, -0.2) is 4.39 Å². The van der Waals surface area contributed by atoms with Gasteiger partial charge in [-0.15, -0.1) is 0 Å². The van der Waals surface area contributed by atoms with Gasteiger partial charge in [0.1, 0.15) is 5.82 Å². The third kappa shape index (κ3) is 2.98. The molecule has 19 heavy (non-hydrogen) atoms. The van der Waals surface area contributed by atoms with Gasteiger partial charge < -0.3 is 5.73 Å². The van der Waals surface area contributed by atoms with Gasteiger partial charge in [0.05, 0.1) is 5.54 Å². The predicted octanol–water partition coefficient (Wildman–Crippen LogP) is 3.26. The molecule has 0 aliphatic carbocycles. The van der Waals surface area contributed by atoms with Crippen molar-refractivity contribution in [1.82, 2.24) is 4.90 Å². The van der Waals surface area contributed by atoms with Crippen molar-refractivity contribution in [3.8, 4) is 0 Å². The van der Waals surface area contributed by atoms with Crippen molar-refractivity contribution in [2.75, 3.05) is 13.1 Å². The second-order valence-corrected chi connectivity index (χ2v) is 5.67. The molecule has 0 saturated carbocycles. The number of rotatable bonds is 4. The van der Waals surface area contributed by atoms with Crippen molar-refractivity contribution < 1.29 is 4.39 Å². The zero-order valence-corrected chi connectivity index (χ0v) is 12.0. The minimum Gasteiger partial charge on any atom is -0.320 e. The molecule has 1 fully saturated rings. The summed E-state index contributed by atoms with van der Waals surface area (Å²) >= 11 is 0. The van der Waals surface area contributed by atoms with Crippen LogP contribution in [0.15, 0.2) is 24.3 Å². The second kappa shape index (κ2) is 6.02. The van der Waals surface area contributed by atoms with E-state index < -0.39 is 5.54 Å². The molecule has 2 nitrogen and oxygen atoms in total. The number of benzene rings is 1. The van der Waals surface area contributed by atoms with E-state index in [-0.39, 0.29) is 11.9 Å². The third-order valence-electron chi connectivity index (χ3n) is 4.65. The maximum Gasteiger partial charge on any atom is 0.123 e. The molecule has 3 heteroatoms. The fourth-order valence-electron chi connectivity index (χ4n) is 3.13. The standard InChI is InChI=1S/C16H25FN2/c1-3-16(18,14-7-9-15(17)10-8-14)13(2)19-11-5-4-6-12-19/h7-10,13H,3-6,11-12,18H2,1-2H3. The molecule has 0 radical (unpaired) electrons. The van der Waals surface area contributed by atoms with Crippen molar-refractivity contribution >= 4 is 0 Å². The van der Waals surface area contributed by atoms with Crippen LogP contribution in [0.2, 0.25) is 0 Å².